The van der Waals surface area contributed by atoms with Gasteiger partial charge in [0.25, 0.3) is 0 Å². The summed E-state index contributed by atoms with van der Waals surface area (Å²) >= 11 is 0. The van der Waals surface area contributed by atoms with Crippen LogP contribution in [0, 0.1) is 5.92 Å². The molecule has 0 bridgehead atoms. The molecule has 0 aliphatic carbocycles. The Bertz CT molecular complexity index is 362. The molecule has 1 aromatic rings. The number of nitrogens with two attached hydrogens (primary N) is 1. The van der Waals surface area contributed by atoms with Crippen LogP contribution in [0.2, 0.25) is 0 Å². The first-order chi connectivity index (χ1) is 8.28. The van der Waals surface area contributed by atoms with E-state index >= 15 is 0 Å². The van der Waals surface area contributed by atoms with E-state index in [4.69, 9.17) is 5.84 Å². The van der Waals surface area contributed by atoms with E-state index < -0.39 is 0 Å². The fraction of sp³-hybridized carbons (Fsp3) is 0.500. The molecule has 1 saturated heterocycles. The Labute approximate surface area is 103 Å². The van der Waals surface area contributed by atoms with Crippen LogP contribution in [0.5, 0.6) is 0 Å². The minimum Gasteiger partial charge on any atom is -0.323 e. The van der Waals surface area contributed by atoms with Crippen LogP contribution in [0.4, 0.5) is 0 Å². The first kappa shape index (κ1) is 12.1. The summed E-state index contributed by atoms with van der Waals surface area (Å²) in [6, 6.07) is 8.46. The molecular weight excluding hydrogens is 210 g/mol. The lowest BCUT2D eigenvalue weighted by molar-refractivity contribution is 0.185. The van der Waals surface area contributed by atoms with Gasteiger partial charge in [0.1, 0.15) is 0 Å². The third-order valence-corrected chi connectivity index (χ3v) is 3.49. The zero-order valence-corrected chi connectivity index (χ0v) is 10.5. The SMILES string of the molecule is CC1CCN(Cc2ccc(C=NN)cc2)CC1. The number of piperidine rings is 1. The van der Waals surface area contributed by atoms with Crippen LogP contribution in [-0.2, 0) is 6.54 Å². The van der Waals surface area contributed by atoms with Gasteiger partial charge in [0.15, 0.2) is 0 Å². The lowest BCUT2D eigenvalue weighted by Gasteiger charge is -2.30. The van der Waals surface area contributed by atoms with Gasteiger partial charge in [-0.1, -0.05) is 31.2 Å². The van der Waals surface area contributed by atoms with Gasteiger partial charge in [-0.05, 0) is 43.0 Å². The maximum atomic E-state index is 5.12. The highest BCUT2D eigenvalue weighted by Crippen LogP contribution is 2.18. The third kappa shape index (κ3) is 3.56. The molecule has 92 valence electrons. The maximum absolute atomic E-state index is 5.12. The summed E-state index contributed by atoms with van der Waals surface area (Å²) in [7, 11) is 0. The molecule has 1 heterocycles. The summed E-state index contributed by atoms with van der Waals surface area (Å²) in [4.78, 5) is 2.53. The van der Waals surface area contributed by atoms with Crippen molar-refractivity contribution >= 4 is 6.21 Å². The Hall–Kier alpha value is -1.35. The Kier molecular flexibility index (Phi) is 4.15. The minimum atomic E-state index is 0.898. The van der Waals surface area contributed by atoms with Gasteiger partial charge in [-0.2, -0.15) is 5.10 Å². The third-order valence-electron chi connectivity index (χ3n) is 3.49. The van der Waals surface area contributed by atoms with Crippen molar-refractivity contribution < 1.29 is 0 Å². The van der Waals surface area contributed by atoms with E-state index in [0.29, 0.717) is 0 Å². The van der Waals surface area contributed by atoms with Gasteiger partial charge < -0.3 is 5.84 Å². The van der Waals surface area contributed by atoms with Crippen LogP contribution < -0.4 is 5.84 Å². The van der Waals surface area contributed by atoms with Crippen LogP contribution in [0.15, 0.2) is 29.4 Å². The van der Waals surface area contributed by atoms with Crippen molar-refractivity contribution in [3.05, 3.63) is 35.4 Å². The molecule has 1 fully saturated rings. The first-order valence-corrected chi connectivity index (χ1v) is 6.32. The Morgan fingerprint density at radius 1 is 1.29 bits per heavy atom. The van der Waals surface area contributed by atoms with Crippen LogP contribution >= 0.6 is 0 Å². The van der Waals surface area contributed by atoms with E-state index in [0.717, 1.165) is 18.0 Å². The molecule has 17 heavy (non-hydrogen) atoms. The molecule has 0 spiro atoms. The molecule has 0 atom stereocenters. The van der Waals surface area contributed by atoms with Crippen molar-refractivity contribution in [2.75, 3.05) is 13.1 Å². The van der Waals surface area contributed by atoms with Gasteiger partial charge in [-0.15, -0.1) is 0 Å². The predicted molar refractivity (Wildman–Crippen MR) is 71.9 cm³/mol. The van der Waals surface area contributed by atoms with E-state index in [2.05, 4.69) is 41.2 Å². The maximum Gasteiger partial charge on any atom is 0.0538 e. The summed E-state index contributed by atoms with van der Waals surface area (Å²) in [6.07, 6.45) is 4.34. The highest BCUT2D eigenvalue weighted by Gasteiger charge is 2.15. The fourth-order valence-electron chi connectivity index (χ4n) is 2.27. The quantitative estimate of drug-likeness (QED) is 0.492. The molecule has 3 heteroatoms. The summed E-state index contributed by atoms with van der Waals surface area (Å²) in [5, 5.41) is 3.52. The largest absolute Gasteiger partial charge is 0.323 e. The summed E-state index contributed by atoms with van der Waals surface area (Å²) in [5.74, 6) is 6.02. The molecule has 3 nitrogen and oxygen atoms in total. The number of likely N-dealkylation sites (tertiary alicyclic amines) is 1. The number of rotatable bonds is 3. The highest BCUT2D eigenvalue weighted by atomic mass is 15.1. The van der Waals surface area contributed by atoms with Gasteiger partial charge in [0.2, 0.25) is 0 Å². The molecule has 1 aliphatic rings. The molecule has 0 saturated carbocycles. The van der Waals surface area contributed by atoms with E-state index in [-0.39, 0.29) is 0 Å². The number of hydrazone groups is 1. The number of hydrogen-bond donors (Lipinski definition) is 1. The monoisotopic (exact) mass is 231 g/mol. The fourth-order valence-corrected chi connectivity index (χ4v) is 2.27. The van der Waals surface area contributed by atoms with Crippen molar-refractivity contribution in [3.63, 3.8) is 0 Å². The Morgan fingerprint density at radius 2 is 1.94 bits per heavy atom. The van der Waals surface area contributed by atoms with E-state index in [1.807, 2.05) is 0 Å². The normalized spacial score (nSPS) is 18.9. The van der Waals surface area contributed by atoms with Crippen molar-refractivity contribution in [1.82, 2.24) is 4.90 Å². The topological polar surface area (TPSA) is 41.6 Å². The molecule has 2 N–H and O–H groups in total. The highest BCUT2D eigenvalue weighted by molar-refractivity contribution is 5.79. The molecule has 2 rings (SSSR count). The number of benzene rings is 1. The molecule has 1 aromatic carbocycles. The van der Waals surface area contributed by atoms with Gasteiger partial charge in [-0.25, -0.2) is 0 Å². The molecule has 0 unspecified atom stereocenters. The molecule has 1 aliphatic heterocycles. The number of hydrogen-bond acceptors (Lipinski definition) is 3. The van der Waals surface area contributed by atoms with Crippen LogP contribution in [0.25, 0.3) is 0 Å². The minimum absolute atomic E-state index is 0.898. The van der Waals surface area contributed by atoms with E-state index in [1.165, 1.54) is 31.5 Å². The van der Waals surface area contributed by atoms with Gasteiger partial charge in [0.05, 0.1) is 6.21 Å². The van der Waals surface area contributed by atoms with Crippen molar-refractivity contribution in [1.29, 1.82) is 0 Å². The van der Waals surface area contributed by atoms with Gasteiger partial charge in [0, 0.05) is 6.54 Å². The lowest BCUT2D eigenvalue weighted by Crippen LogP contribution is -2.32. The standard InChI is InChI=1S/C14H21N3/c1-12-6-8-17(9-7-12)11-14-4-2-13(3-5-14)10-16-15/h2-5,10,12H,6-9,11,15H2,1H3. The van der Waals surface area contributed by atoms with Crippen LogP contribution in [-0.4, -0.2) is 24.2 Å². The Morgan fingerprint density at radius 3 is 2.53 bits per heavy atom. The average Bonchev–Trinajstić information content (AvgIpc) is 2.35. The van der Waals surface area contributed by atoms with E-state index in [1.54, 1.807) is 6.21 Å². The second-order valence-electron chi connectivity index (χ2n) is 4.98. The van der Waals surface area contributed by atoms with Crippen LogP contribution in [0.3, 0.4) is 0 Å². The van der Waals surface area contributed by atoms with Crippen molar-refractivity contribution in [2.24, 2.45) is 16.9 Å². The smallest absolute Gasteiger partial charge is 0.0538 e. The van der Waals surface area contributed by atoms with Gasteiger partial charge >= 0.3 is 0 Å². The van der Waals surface area contributed by atoms with Gasteiger partial charge in [-0.3, -0.25) is 4.90 Å². The summed E-state index contributed by atoms with van der Waals surface area (Å²) < 4.78 is 0. The number of nitrogens with zero attached hydrogens (tertiary/aromatic N) is 2. The summed E-state index contributed by atoms with van der Waals surface area (Å²) in [6.45, 7) is 5.87. The zero-order valence-electron chi connectivity index (χ0n) is 10.5. The van der Waals surface area contributed by atoms with Crippen molar-refractivity contribution in [3.8, 4) is 0 Å². The lowest BCUT2D eigenvalue weighted by atomic mass is 9.99. The molecule has 0 aromatic heterocycles. The second kappa shape index (κ2) is 5.82. The molecular formula is C14H21N3. The zero-order chi connectivity index (χ0) is 12.1. The predicted octanol–water partition coefficient (Wildman–Crippen LogP) is 2.21. The molecule has 0 amide bonds. The summed E-state index contributed by atoms with van der Waals surface area (Å²) in [5.41, 5.74) is 2.43. The van der Waals surface area contributed by atoms with Crippen LogP contribution in [0.1, 0.15) is 30.9 Å². The van der Waals surface area contributed by atoms with E-state index in [9.17, 15) is 0 Å². The molecule has 0 radical (unpaired) electrons. The average molecular weight is 231 g/mol. The van der Waals surface area contributed by atoms with Crippen molar-refractivity contribution in [2.45, 2.75) is 26.3 Å². The Balaban J connectivity index is 1.90. The first-order valence-electron chi connectivity index (χ1n) is 6.32. The second-order valence-corrected chi connectivity index (χ2v) is 4.98.